The molecule has 0 bridgehead atoms. The van der Waals surface area contributed by atoms with Crippen LogP contribution in [0.3, 0.4) is 0 Å². The Morgan fingerprint density at radius 3 is 2.25 bits per heavy atom. The van der Waals surface area contributed by atoms with Crippen molar-refractivity contribution in [1.29, 1.82) is 0 Å². The Balaban J connectivity index is 1.60. The molecule has 0 saturated carbocycles. The van der Waals surface area contributed by atoms with E-state index in [2.05, 4.69) is 12.1 Å². The third-order valence-electron chi connectivity index (χ3n) is 4.35. The highest BCUT2D eigenvalue weighted by atomic mass is 32.2. The van der Waals surface area contributed by atoms with E-state index in [1.54, 1.807) is 11.8 Å². The van der Waals surface area contributed by atoms with Crippen LogP contribution in [-0.4, -0.2) is 14.6 Å². The number of hydrogen-bond acceptors (Lipinski definition) is 4. The highest BCUT2D eigenvalue weighted by molar-refractivity contribution is 8.11. The molecule has 1 heterocycles. The summed E-state index contributed by atoms with van der Waals surface area (Å²) in [4.78, 5) is 1.96. The van der Waals surface area contributed by atoms with Gasteiger partial charge in [-0.1, -0.05) is 42.5 Å². The first-order valence-electron chi connectivity index (χ1n) is 9.18. The normalized spacial score (nSPS) is 16.5. The summed E-state index contributed by atoms with van der Waals surface area (Å²) in [5.74, 6) is 0.855. The van der Waals surface area contributed by atoms with Crippen molar-refractivity contribution in [3.8, 4) is 11.5 Å². The number of ether oxygens (including phenoxy) is 2. The lowest BCUT2D eigenvalue weighted by molar-refractivity contribution is -0.0431. The molecule has 3 aromatic carbocycles. The molecule has 0 N–H and O–H groups in total. The summed E-state index contributed by atoms with van der Waals surface area (Å²) >= 11 is 1.65. The summed E-state index contributed by atoms with van der Waals surface area (Å²) in [7, 11) is -1.14. The lowest BCUT2D eigenvalue weighted by atomic mass is 10.1. The maximum absolute atomic E-state index is 13.3. The second-order valence-corrected chi connectivity index (χ2v) is 10.3. The highest BCUT2D eigenvalue weighted by Crippen LogP contribution is 2.40. The van der Waals surface area contributed by atoms with E-state index in [1.807, 2.05) is 80.6 Å². The van der Waals surface area contributed by atoms with E-state index in [9.17, 15) is 4.21 Å². The van der Waals surface area contributed by atoms with E-state index in [0.29, 0.717) is 6.42 Å². The van der Waals surface area contributed by atoms with Crippen molar-refractivity contribution in [2.75, 3.05) is 0 Å². The average molecular weight is 411 g/mol. The van der Waals surface area contributed by atoms with Crippen LogP contribution in [0.2, 0.25) is 0 Å². The molecule has 0 spiro atoms. The van der Waals surface area contributed by atoms with Crippen molar-refractivity contribution in [2.45, 2.75) is 40.4 Å². The Kier molecular flexibility index (Phi) is 5.47. The fourth-order valence-corrected chi connectivity index (χ4v) is 6.09. The molecule has 0 aromatic heterocycles. The maximum atomic E-state index is 13.3. The van der Waals surface area contributed by atoms with E-state index in [1.165, 1.54) is 0 Å². The average Bonchev–Trinajstić information content (AvgIpc) is 3.01. The topological polar surface area (TPSA) is 35.5 Å². The molecule has 144 valence electrons. The summed E-state index contributed by atoms with van der Waals surface area (Å²) in [6, 6.07) is 25.8. The van der Waals surface area contributed by atoms with Crippen LogP contribution < -0.4 is 9.47 Å². The predicted octanol–water partition coefficient (Wildman–Crippen LogP) is 5.66. The highest BCUT2D eigenvalue weighted by Gasteiger charge is 2.32. The second kappa shape index (κ2) is 8.02. The Bertz CT molecular complexity index is 972. The summed E-state index contributed by atoms with van der Waals surface area (Å²) in [5.41, 5.74) is 1.08. The van der Waals surface area contributed by atoms with Gasteiger partial charge in [0, 0.05) is 23.6 Å². The van der Waals surface area contributed by atoms with E-state index in [0.717, 1.165) is 26.9 Å². The molecule has 4 rings (SSSR count). The van der Waals surface area contributed by atoms with Crippen molar-refractivity contribution in [2.24, 2.45) is 0 Å². The van der Waals surface area contributed by atoms with Crippen LogP contribution in [0.5, 0.6) is 11.5 Å². The van der Waals surface area contributed by atoms with Gasteiger partial charge in [0.05, 0.1) is 15.4 Å². The van der Waals surface area contributed by atoms with Gasteiger partial charge in [0.15, 0.2) is 11.5 Å². The molecule has 0 radical (unpaired) electrons. The zero-order valence-electron chi connectivity index (χ0n) is 15.8. The molecule has 0 aliphatic carbocycles. The monoisotopic (exact) mass is 410 g/mol. The van der Waals surface area contributed by atoms with Gasteiger partial charge in [-0.2, -0.15) is 0 Å². The summed E-state index contributed by atoms with van der Waals surface area (Å²) < 4.78 is 24.9. The maximum Gasteiger partial charge on any atom is 0.246 e. The van der Waals surface area contributed by atoms with Gasteiger partial charge in [0.2, 0.25) is 5.79 Å². The smallest absolute Gasteiger partial charge is 0.246 e. The van der Waals surface area contributed by atoms with Crippen LogP contribution in [0, 0.1) is 0 Å². The minimum atomic E-state index is -1.14. The number of thioether (sulfide) groups is 1. The van der Waals surface area contributed by atoms with Gasteiger partial charge in [0.1, 0.15) is 0 Å². The number of fused-ring (bicyclic) bond motifs is 1. The molecule has 2 unspecified atom stereocenters. The summed E-state index contributed by atoms with van der Waals surface area (Å²) in [6.45, 7) is 3.79. The molecule has 2 atom stereocenters. The van der Waals surface area contributed by atoms with Gasteiger partial charge in [0.25, 0.3) is 0 Å². The minimum Gasteiger partial charge on any atom is -0.449 e. The first-order chi connectivity index (χ1) is 13.5. The number of benzene rings is 3. The van der Waals surface area contributed by atoms with Gasteiger partial charge in [-0.25, -0.2) is 0 Å². The molecule has 1 aliphatic rings. The van der Waals surface area contributed by atoms with Gasteiger partial charge < -0.3 is 9.47 Å². The molecule has 0 amide bonds. The van der Waals surface area contributed by atoms with Crippen LogP contribution >= 0.6 is 11.8 Å². The number of hydrogen-bond donors (Lipinski definition) is 0. The van der Waals surface area contributed by atoms with Crippen LogP contribution in [-0.2, 0) is 17.2 Å². The fourth-order valence-electron chi connectivity index (χ4n) is 3.10. The van der Waals surface area contributed by atoms with Crippen LogP contribution in [0.15, 0.2) is 88.7 Å². The Hall–Kier alpha value is -2.24. The quantitative estimate of drug-likeness (QED) is 0.491. The lowest BCUT2D eigenvalue weighted by Crippen LogP contribution is -2.29. The van der Waals surface area contributed by atoms with Gasteiger partial charge in [-0.05, 0) is 48.4 Å². The zero-order valence-corrected chi connectivity index (χ0v) is 17.5. The summed E-state index contributed by atoms with van der Waals surface area (Å²) in [5, 5.41) is 0. The van der Waals surface area contributed by atoms with Gasteiger partial charge in [-0.3, -0.25) is 4.21 Å². The molecule has 28 heavy (non-hydrogen) atoms. The van der Waals surface area contributed by atoms with E-state index < -0.39 is 16.6 Å². The third kappa shape index (κ3) is 4.42. The first kappa shape index (κ1) is 19.1. The summed E-state index contributed by atoms with van der Waals surface area (Å²) in [6.07, 6.45) is 0.665. The molecule has 5 heteroatoms. The van der Waals surface area contributed by atoms with Crippen LogP contribution in [0.4, 0.5) is 0 Å². The molecule has 3 nitrogen and oxygen atoms in total. The Morgan fingerprint density at radius 1 is 0.893 bits per heavy atom. The van der Waals surface area contributed by atoms with Crippen LogP contribution in [0.1, 0.15) is 19.4 Å². The standard InChI is InChI=1S/C23H22O3S2/c1-23(2)25-20-14-13-17(15-21(20)26-23)16-22(27-18-9-5-3-6-10-18)28(24)19-11-7-4-8-12-19/h3-15,22H,16H2,1-2H3. The van der Waals surface area contributed by atoms with E-state index in [-0.39, 0.29) is 4.58 Å². The van der Waals surface area contributed by atoms with Gasteiger partial charge in [-0.15, -0.1) is 11.8 Å². The zero-order chi connectivity index (χ0) is 19.6. The largest absolute Gasteiger partial charge is 0.449 e. The minimum absolute atomic E-state index is 0.113. The van der Waals surface area contributed by atoms with E-state index >= 15 is 0 Å². The molecular formula is C23H22O3S2. The molecular weight excluding hydrogens is 388 g/mol. The predicted molar refractivity (Wildman–Crippen MR) is 114 cm³/mol. The second-order valence-electron chi connectivity index (χ2n) is 7.06. The first-order valence-corrected chi connectivity index (χ1v) is 11.3. The van der Waals surface area contributed by atoms with Crippen LogP contribution in [0.25, 0.3) is 0 Å². The fraction of sp³-hybridized carbons (Fsp3) is 0.217. The number of rotatable bonds is 6. The Morgan fingerprint density at radius 2 is 1.54 bits per heavy atom. The van der Waals surface area contributed by atoms with Crippen molar-refractivity contribution in [3.05, 3.63) is 84.4 Å². The van der Waals surface area contributed by atoms with Gasteiger partial charge >= 0.3 is 0 Å². The SMILES string of the molecule is CC1(C)Oc2ccc(CC(Sc3ccccc3)S(=O)c3ccccc3)cc2O1. The van der Waals surface area contributed by atoms with Crippen molar-refractivity contribution < 1.29 is 13.7 Å². The molecule has 0 fully saturated rings. The molecule has 1 aliphatic heterocycles. The van der Waals surface area contributed by atoms with Crippen molar-refractivity contribution in [3.63, 3.8) is 0 Å². The lowest BCUT2D eigenvalue weighted by Gasteiger charge is -2.17. The Labute approximate surface area is 172 Å². The van der Waals surface area contributed by atoms with Crippen molar-refractivity contribution >= 4 is 22.6 Å². The van der Waals surface area contributed by atoms with E-state index in [4.69, 9.17) is 9.47 Å². The molecule has 0 saturated heterocycles. The van der Waals surface area contributed by atoms with Crippen molar-refractivity contribution in [1.82, 2.24) is 0 Å². The molecule has 3 aromatic rings. The third-order valence-corrected chi connectivity index (χ3v) is 7.51.